The fourth-order valence-corrected chi connectivity index (χ4v) is 3.70. The van der Waals surface area contributed by atoms with Crippen LogP contribution in [0.25, 0.3) is 15.3 Å². The number of nitrogens with one attached hydrogen (secondary N) is 1. The molecule has 1 amide bonds. The van der Waals surface area contributed by atoms with Gasteiger partial charge in [0, 0.05) is 12.0 Å². The molecule has 0 spiro atoms. The molecule has 1 aliphatic rings. The lowest BCUT2D eigenvalue weighted by molar-refractivity contribution is -0.122. The number of hydrogen-bond donors (Lipinski definition) is 1. The lowest BCUT2D eigenvalue weighted by atomic mass is 9.85. The van der Waals surface area contributed by atoms with E-state index in [9.17, 15) is 4.79 Å². The smallest absolute Gasteiger partial charge is 0.228 e. The van der Waals surface area contributed by atoms with Crippen molar-refractivity contribution in [2.75, 3.05) is 12.4 Å². The number of fused-ring (bicyclic) bond motifs is 1. The first-order valence-electron chi connectivity index (χ1n) is 7.96. The predicted molar refractivity (Wildman–Crippen MR) is 94.0 cm³/mol. The van der Waals surface area contributed by atoms with E-state index >= 15 is 0 Å². The molecular weight excluding hydrogens is 324 g/mol. The van der Waals surface area contributed by atoms with Crippen molar-refractivity contribution >= 4 is 33.3 Å². The Bertz CT molecular complexity index is 911. The third-order valence-electron chi connectivity index (χ3n) is 4.32. The fourth-order valence-electron chi connectivity index (χ4n) is 2.74. The molecule has 7 heteroatoms. The maximum absolute atomic E-state index is 12.3. The number of nitrogens with zero attached hydrogens (tertiary/aromatic N) is 3. The molecule has 0 radical (unpaired) electrons. The number of ether oxygens (including phenoxy) is 1. The molecule has 0 unspecified atom stereocenters. The highest BCUT2D eigenvalue weighted by molar-refractivity contribution is 7.20. The first-order valence-corrected chi connectivity index (χ1v) is 8.78. The minimum absolute atomic E-state index is 0.0742. The van der Waals surface area contributed by atoms with E-state index in [-0.39, 0.29) is 11.8 Å². The Kier molecular flexibility index (Phi) is 3.72. The van der Waals surface area contributed by atoms with E-state index < -0.39 is 0 Å². The number of amides is 1. The van der Waals surface area contributed by atoms with Gasteiger partial charge in [0.05, 0.1) is 23.0 Å². The van der Waals surface area contributed by atoms with Gasteiger partial charge in [-0.25, -0.2) is 4.98 Å². The van der Waals surface area contributed by atoms with E-state index in [0.29, 0.717) is 5.82 Å². The summed E-state index contributed by atoms with van der Waals surface area (Å²) in [5.41, 5.74) is 1.73. The van der Waals surface area contributed by atoms with E-state index in [4.69, 9.17) is 4.74 Å². The lowest BCUT2D eigenvalue weighted by Crippen LogP contribution is -2.28. The number of anilines is 1. The van der Waals surface area contributed by atoms with E-state index in [1.807, 2.05) is 31.2 Å². The van der Waals surface area contributed by atoms with Crippen molar-refractivity contribution in [3.05, 3.63) is 30.0 Å². The Hall–Kier alpha value is -2.41. The normalized spacial score (nSPS) is 14.6. The third kappa shape index (κ3) is 2.65. The summed E-state index contributed by atoms with van der Waals surface area (Å²) in [5.74, 6) is 1.68. The number of carbonyl (C=O) groups is 1. The molecular formula is C17H18N4O2S. The van der Waals surface area contributed by atoms with Crippen LogP contribution in [0, 0.1) is 12.8 Å². The number of benzene rings is 1. The van der Waals surface area contributed by atoms with Crippen LogP contribution in [0.2, 0.25) is 0 Å². The second-order valence-electron chi connectivity index (χ2n) is 6.03. The Labute approximate surface area is 143 Å². The number of aryl methyl sites for hydroxylation is 1. The second-order valence-corrected chi connectivity index (χ2v) is 7.04. The summed E-state index contributed by atoms with van der Waals surface area (Å²) in [7, 11) is 1.65. The van der Waals surface area contributed by atoms with Crippen LogP contribution in [-0.2, 0) is 4.79 Å². The molecule has 6 nitrogen and oxygen atoms in total. The second kappa shape index (κ2) is 5.90. The standard InChI is InChI=1S/C17H18N4O2S/c1-10-8-15(19-16(22)11-4-3-5-11)21(20-10)17-18-13-7-6-12(23-2)9-14(13)24-17/h6-9,11H,3-5H2,1-2H3,(H,19,22). The van der Waals surface area contributed by atoms with Crippen molar-refractivity contribution in [1.29, 1.82) is 0 Å². The maximum Gasteiger partial charge on any atom is 0.228 e. The Morgan fingerprint density at radius 3 is 2.92 bits per heavy atom. The molecule has 4 rings (SSSR count). The van der Waals surface area contributed by atoms with Crippen molar-refractivity contribution in [2.45, 2.75) is 26.2 Å². The van der Waals surface area contributed by atoms with Gasteiger partial charge in [-0.3, -0.25) is 4.79 Å². The number of aromatic nitrogens is 3. The number of thiazole rings is 1. The molecule has 1 N–H and O–H groups in total. The van der Waals surface area contributed by atoms with Gasteiger partial charge in [0.15, 0.2) is 0 Å². The summed E-state index contributed by atoms with van der Waals surface area (Å²) < 4.78 is 8.00. The zero-order valence-electron chi connectivity index (χ0n) is 13.6. The molecule has 0 bridgehead atoms. The average Bonchev–Trinajstić information content (AvgIpc) is 3.07. The van der Waals surface area contributed by atoms with E-state index in [1.165, 1.54) is 11.3 Å². The van der Waals surface area contributed by atoms with Crippen LogP contribution in [0.1, 0.15) is 25.0 Å². The average molecular weight is 342 g/mol. The largest absolute Gasteiger partial charge is 0.497 e. The Morgan fingerprint density at radius 1 is 1.38 bits per heavy atom. The zero-order valence-corrected chi connectivity index (χ0v) is 14.4. The number of methoxy groups -OCH3 is 1. The van der Waals surface area contributed by atoms with Gasteiger partial charge < -0.3 is 10.1 Å². The summed E-state index contributed by atoms with van der Waals surface area (Å²) in [5, 5.41) is 8.23. The van der Waals surface area contributed by atoms with Crippen molar-refractivity contribution in [3.63, 3.8) is 0 Å². The van der Waals surface area contributed by atoms with Crippen LogP contribution in [0.5, 0.6) is 5.75 Å². The van der Waals surface area contributed by atoms with Crippen LogP contribution in [0.3, 0.4) is 0 Å². The lowest BCUT2D eigenvalue weighted by Gasteiger charge is -2.23. The minimum Gasteiger partial charge on any atom is -0.497 e. The van der Waals surface area contributed by atoms with E-state index in [2.05, 4.69) is 15.4 Å². The van der Waals surface area contributed by atoms with Crippen LogP contribution >= 0.6 is 11.3 Å². The van der Waals surface area contributed by atoms with Crippen molar-refractivity contribution in [3.8, 4) is 10.9 Å². The first-order chi connectivity index (χ1) is 11.6. The van der Waals surface area contributed by atoms with Crippen LogP contribution < -0.4 is 10.1 Å². The van der Waals surface area contributed by atoms with Crippen LogP contribution in [0.4, 0.5) is 5.82 Å². The Morgan fingerprint density at radius 2 is 2.21 bits per heavy atom. The molecule has 24 heavy (non-hydrogen) atoms. The minimum atomic E-state index is 0.0742. The van der Waals surface area contributed by atoms with Crippen molar-refractivity contribution < 1.29 is 9.53 Å². The number of hydrogen-bond acceptors (Lipinski definition) is 5. The summed E-state index contributed by atoms with van der Waals surface area (Å²) >= 11 is 1.52. The highest BCUT2D eigenvalue weighted by atomic mass is 32.1. The van der Waals surface area contributed by atoms with Gasteiger partial charge in [0.25, 0.3) is 0 Å². The fraction of sp³-hybridized carbons (Fsp3) is 0.353. The summed E-state index contributed by atoms with van der Waals surface area (Å²) in [6.07, 6.45) is 3.08. The number of rotatable bonds is 4. The van der Waals surface area contributed by atoms with Gasteiger partial charge in [0.2, 0.25) is 11.0 Å². The van der Waals surface area contributed by atoms with Gasteiger partial charge in [-0.1, -0.05) is 17.8 Å². The van der Waals surface area contributed by atoms with Gasteiger partial charge in [-0.15, -0.1) is 0 Å². The van der Waals surface area contributed by atoms with Gasteiger partial charge in [-0.05, 0) is 38.0 Å². The van der Waals surface area contributed by atoms with E-state index in [1.54, 1.807) is 11.8 Å². The molecule has 3 aromatic rings. The molecule has 2 aromatic heterocycles. The molecule has 124 valence electrons. The quantitative estimate of drug-likeness (QED) is 0.787. The molecule has 1 aliphatic carbocycles. The van der Waals surface area contributed by atoms with Crippen LogP contribution in [0.15, 0.2) is 24.3 Å². The summed E-state index contributed by atoms with van der Waals surface area (Å²) in [4.78, 5) is 16.9. The van der Waals surface area contributed by atoms with Crippen molar-refractivity contribution in [2.24, 2.45) is 5.92 Å². The molecule has 0 aliphatic heterocycles. The molecule has 0 saturated heterocycles. The zero-order chi connectivity index (χ0) is 16.7. The first kappa shape index (κ1) is 15.1. The molecule has 2 heterocycles. The highest BCUT2D eigenvalue weighted by Gasteiger charge is 2.26. The molecule has 1 fully saturated rings. The van der Waals surface area contributed by atoms with Crippen molar-refractivity contribution in [1.82, 2.24) is 14.8 Å². The molecule has 0 atom stereocenters. The van der Waals surface area contributed by atoms with Crippen LogP contribution in [-0.4, -0.2) is 27.8 Å². The third-order valence-corrected chi connectivity index (χ3v) is 5.32. The molecule has 1 aromatic carbocycles. The molecule has 1 saturated carbocycles. The summed E-state index contributed by atoms with van der Waals surface area (Å²) in [6.45, 7) is 1.91. The van der Waals surface area contributed by atoms with E-state index in [0.717, 1.165) is 46.1 Å². The topological polar surface area (TPSA) is 69.0 Å². The highest BCUT2D eigenvalue weighted by Crippen LogP contribution is 2.31. The number of carbonyl (C=O) groups excluding carboxylic acids is 1. The predicted octanol–water partition coefficient (Wildman–Crippen LogP) is 3.54. The Balaban J connectivity index is 1.69. The monoisotopic (exact) mass is 342 g/mol. The van der Waals surface area contributed by atoms with Gasteiger partial charge in [0.1, 0.15) is 11.6 Å². The van der Waals surface area contributed by atoms with Gasteiger partial charge >= 0.3 is 0 Å². The maximum atomic E-state index is 12.3. The summed E-state index contributed by atoms with van der Waals surface area (Å²) in [6, 6.07) is 7.65. The SMILES string of the molecule is COc1ccc2nc(-n3nc(C)cc3NC(=O)C3CCC3)sc2c1. The van der Waals surface area contributed by atoms with Gasteiger partial charge in [-0.2, -0.15) is 9.78 Å².